The molecule has 0 radical (unpaired) electrons. The van der Waals surface area contributed by atoms with Crippen LogP contribution >= 0.6 is 11.3 Å². The molecule has 0 N–H and O–H groups in total. The largest absolute Gasteiger partial charge is 0.461 e. The fourth-order valence-corrected chi connectivity index (χ4v) is 4.58. The number of aromatic nitrogens is 5. The summed E-state index contributed by atoms with van der Waals surface area (Å²) in [5.41, 5.74) is 2.14. The fraction of sp³-hybridized carbons (Fsp3) is 0. The molecule has 0 saturated heterocycles. The van der Waals surface area contributed by atoms with Crippen molar-refractivity contribution in [3.05, 3.63) is 110 Å². The summed E-state index contributed by atoms with van der Waals surface area (Å²) in [5, 5.41) is 20.3. The number of non-ortho nitro benzene ring substituents is 1. The Morgan fingerprint density at radius 2 is 1.89 bits per heavy atom. The lowest BCUT2D eigenvalue weighted by atomic mass is 10.1. The zero-order valence-electron chi connectivity index (χ0n) is 17.8. The Morgan fingerprint density at radius 1 is 1.03 bits per heavy atom. The predicted octanol–water partition coefficient (Wildman–Crippen LogP) is 3.72. The lowest BCUT2D eigenvalue weighted by Crippen LogP contribution is -2.23. The molecule has 11 heteroatoms. The van der Waals surface area contributed by atoms with E-state index in [-0.39, 0.29) is 11.2 Å². The van der Waals surface area contributed by atoms with E-state index in [1.54, 1.807) is 41.2 Å². The van der Waals surface area contributed by atoms with Gasteiger partial charge in [-0.15, -0.1) is 5.10 Å². The molecule has 0 aliphatic rings. The average molecular weight is 482 g/mol. The normalized spacial score (nSPS) is 11.9. The molecule has 35 heavy (non-hydrogen) atoms. The Labute approximate surface area is 200 Å². The summed E-state index contributed by atoms with van der Waals surface area (Å²) in [5.74, 6) is 0.807. The van der Waals surface area contributed by atoms with Gasteiger partial charge in [-0.3, -0.25) is 14.9 Å². The van der Waals surface area contributed by atoms with E-state index in [0.717, 1.165) is 5.69 Å². The summed E-state index contributed by atoms with van der Waals surface area (Å²) in [6.45, 7) is 0. The summed E-state index contributed by atoms with van der Waals surface area (Å²) >= 11 is 1.19. The number of nitrogens with zero attached hydrogens (tertiary/aromatic N) is 6. The molecule has 4 heterocycles. The first kappa shape index (κ1) is 20.7. The molecule has 0 bridgehead atoms. The van der Waals surface area contributed by atoms with Crippen LogP contribution < -0.4 is 10.1 Å². The van der Waals surface area contributed by atoms with E-state index in [1.807, 2.05) is 30.3 Å². The zero-order valence-corrected chi connectivity index (χ0v) is 18.6. The molecule has 0 amide bonds. The Balaban J connectivity index is 1.52. The monoisotopic (exact) mass is 482 g/mol. The minimum Gasteiger partial charge on any atom is -0.461 e. The fourth-order valence-electron chi connectivity index (χ4n) is 3.68. The number of thiazole rings is 1. The number of hydrogen-bond acceptors (Lipinski definition) is 8. The molecule has 4 aromatic heterocycles. The van der Waals surface area contributed by atoms with Crippen LogP contribution in [0.5, 0.6) is 0 Å². The maximum Gasteiger partial charge on any atom is 0.291 e. The molecule has 0 atom stereocenters. The van der Waals surface area contributed by atoms with E-state index in [9.17, 15) is 14.9 Å². The van der Waals surface area contributed by atoms with Crippen LogP contribution in [0.3, 0.4) is 0 Å². The van der Waals surface area contributed by atoms with Crippen LogP contribution in [0.2, 0.25) is 0 Å². The number of nitro groups is 1. The molecule has 0 saturated carbocycles. The molecule has 0 aliphatic heterocycles. The van der Waals surface area contributed by atoms with Crippen molar-refractivity contribution in [1.29, 1.82) is 0 Å². The molecular weight excluding hydrogens is 468 g/mol. The summed E-state index contributed by atoms with van der Waals surface area (Å²) in [4.78, 5) is 28.8. The first-order valence-electron chi connectivity index (χ1n) is 10.4. The lowest BCUT2D eigenvalue weighted by Gasteiger charge is -2.00. The summed E-state index contributed by atoms with van der Waals surface area (Å²) in [6.07, 6.45) is 5.01. The second-order valence-electron chi connectivity index (χ2n) is 7.54. The van der Waals surface area contributed by atoms with E-state index in [1.165, 1.54) is 34.2 Å². The maximum absolute atomic E-state index is 13.1. The third-order valence-electron chi connectivity index (χ3n) is 5.30. The second-order valence-corrected chi connectivity index (χ2v) is 8.55. The topological polar surface area (TPSA) is 121 Å². The van der Waals surface area contributed by atoms with Crippen LogP contribution in [0.1, 0.15) is 5.56 Å². The van der Waals surface area contributed by atoms with Gasteiger partial charge in [-0.2, -0.15) is 14.6 Å². The second kappa shape index (κ2) is 8.15. The average Bonchev–Trinajstić information content (AvgIpc) is 3.66. The number of fused-ring (bicyclic) bond motifs is 1. The van der Waals surface area contributed by atoms with Gasteiger partial charge in [-0.05, 0) is 30.3 Å². The Morgan fingerprint density at radius 3 is 2.63 bits per heavy atom. The van der Waals surface area contributed by atoms with Crippen LogP contribution in [0.15, 0.2) is 88.4 Å². The number of rotatable bonds is 5. The predicted molar refractivity (Wildman–Crippen MR) is 129 cm³/mol. The first-order chi connectivity index (χ1) is 17.1. The van der Waals surface area contributed by atoms with E-state index >= 15 is 0 Å². The Bertz CT molecular complexity index is 1800. The van der Waals surface area contributed by atoms with Gasteiger partial charge in [0.15, 0.2) is 5.76 Å². The summed E-state index contributed by atoms with van der Waals surface area (Å²) in [6, 6.07) is 19.2. The number of furan rings is 1. The SMILES string of the molecule is O=c1c(=Cc2cn(-c3ccccc3)nc2-c2cccc([N+](=O)[O-])c2)sc2nc(-c3ccco3)nn12. The van der Waals surface area contributed by atoms with E-state index in [2.05, 4.69) is 15.2 Å². The molecule has 6 rings (SSSR count). The standard InChI is InChI=1S/C24H14N6O4S/c31-23-20(35-24-25-22(27-29(23)24)19-10-5-11-34-19)13-16-14-28(17-7-2-1-3-8-17)26-21(16)15-6-4-9-18(12-15)30(32)33/h1-14H. The molecule has 2 aromatic carbocycles. The van der Waals surface area contributed by atoms with Gasteiger partial charge < -0.3 is 4.42 Å². The number of hydrogen-bond donors (Lipinski definition) is 0. The van der Waals surface area contributed by atoms with Gasteiger partial charge in [-0.25, -0.2) is 4.68 Å². The molecule has 0 spiro atoms. The van der Waals surface area contributed by atoms with Crippen molar-refractivity contribution >= 4 is 28.1 Å². The van der Waals surface area contributed by atoms with Gasteiger partial charge in [0.1, 0.15) is 5.69 Å². The molecule has 0 aliphatic carbocycles. The van der Waals surface area contributed by atoms with Gasteiger partial charge in [-0.1, -0.05) is 41.7 Å². The van der Waals surface area contributed by atoms with Crippen LogP contribution in [0, 0.1) is 10.1 Å². The van der Waals surface area contributed by atoms with Crippen molar-refractivity contribution in [3.63, 3.8) is 0 Å². The van der Waals surface area contributed by atoms with Crippen molar-refractivity contribution in [2.75, 3.05) is 0 Å². The number of benzene rings is 2. The maximum atomic E-state index is 13.1. The highest BCUT2D eigenvalue weighted by atomic mass is 32.1. The Hall–Kier alpha value is -4.90. The van der Waals surface area contributed by atoms with E-state index < -0.39 is 4.92 Å². The number of para-hydroxylation sites is 1. The van der Waals surface area contributed by atoms with Crippen molar-refractivity contribution < 1.29 is 9.34 Å². The molecular formula is C24H14N6O4S. The van der Waals surface area contributed by atoms with Crippen molar-refractivity contribution in [2.24, 2.45) is 0 Å². The highest BCUT2D eigenvalue weighted by Crippen LogP contribution is 2.27. The highest BCUT2D eigenvalue weighted by molar-refractivity contribution is 7.15. The third-order valence-corrected chi connectivity index (χ3v) is 6.26. The Kier molecular flexibility index (Phi) is 4.82. The van der Waals surface area contributed by atoms with Crippen LogP contribution in [0.4, 0.5) is 5.69 Å². The van der Waals surface area contributed by atoms with E-state index in [0.29, 0.717) is 37.9 Å². The van der Waals surface area contributed by atoms with Gasteiger partial charge in [0.2, 0.25) is 10.8 Å². The first-order valence-corrected chi connectivity index (χ1v) is 11.2. The molecule has 10 nitrogen and oxygen atoms in total. The van der Waals surface area contributed by atoms with Gasteiger partial charge >= 0.3 is 0 Å². The zero-order chi connectivity index (χ0) is 23.9. The molecule has 6 aromatic rings. The van der Waals surface area contributed by atoms with Crippen molar-refractivity contribution in [1.82, 2.24) is 24.4 Å². The van der Waals surface area contributed by atoms with Gasteiger partial charge in [0.05, 0.1) is 21.4 Å². The van der Waals surface area contributed by atoms with Crippen LogP contribution in [-0.2, 0) is 0 Å². The van der Waals surface area contributed by atoms with Crippen molar-refractivity contribution in [2.45, 2.75) is 0 Å². The quantitative estimate of drug-likeness (QED) is 0.271. The highest BCUT2D eigenvalue weighted by Gasteiger charge is 2.17. The van der Waals surface area contributed by atoms with Gasteiger partial charge in [0.25, 0.3) is 11.2 Å². The molecule has 0 fully saturated rings. The molecule has 0 unspecified atom stereocenters. The molecule has 170 valence electrons. The van der Waals surface area contributed by atoms with Crippen LogP contribution in [-0.4, -0.2) is 29.3 Å². The van der Waals surface area contributed by atoms with Gasteiger partial charge in [0, 0.05) is 29.5 Å². The minimum absolute atomic E-state index is 0.0449. The van der Waals surface area contributed by atoms with E-state index in [4.69, 9.17) is 4.42 Å². The minimum atomic E-state index is -0.451. The lowest BCUT2D eigenvalue weighted by molar-refractivity contribution is -0.384. The van der Waals surface area contributed by atoms with Crippen molar-refractivity contribution in [3.8, 4) is 28.5 Å². The third kappa shape index (κ3) is 3.69. The smallest absolute Gasteiger partial charge is 0.291 e. The summed E-state index contributed by atoms with van der Waals surface area (Å²) in [7, 11) is 0. The number of nitro benzene ring substituents is 1. The van der Waals surface area contributed by atoms with Crippen LogP contribution in [0.25, 0.3) is 39.6 Å². The summed E-state index contributed by atoms with van der Waals surface area (Å²) < 4.78 is 8.64.